The Balaban J connectivity index is 2.17. The average Bonchev–Trinajstić information content (AvgIpc) is 2.37. The standard InChI is InChI=1S/C9H15BFO4P/c1-6-7(11)8(10)15-9(6)3-4-13-16(2,12)14-5-9/h6-8H,3-5H2,1-2H3/t6?,7-,8+,9+,16?/m0/s1. The van der Waals surface area contributed by atoms with Crippen LogP contribution in [0.15, 0.2) is 0 Å². The Labute approximate surface area is 95.8 Å². The Hall–Kier alpha value is 0.105. The first kappa shape index (κ1) is 12.6. The van der Waals surface area contributed by atoms with Gasteiger partial charge in [0.2, 0.25) is 0 Å². The van der Waals surface area contributed by atoms with Crippen molar-refractivity contribution in [2.24, 2.45) is 5.92 Å². The van der Waals surface area contributed by atoms with Crippen LogP contribution in [-0.2, 0) is 18.3 Å². The van der Waals surface area contributed by atoms with Gasteiger partial charge in [-0.2, -0.15) is 0 Å². The average molecular weight is 248 g/mol. The van der Waals surface area contributed by atoms with E-state index >= 15 is 0 Å². The van der Waals surface area contributed by atoms with E-state index in [0.29, 0.717) is 6.42 Å². The van der Waals surface area contributed by atoms with Gasteiger partial charge in [0.05, 0.1) is 18.8 Å². The first-order valence-electron chi connectivity index (χ1n) is 5.30. The highest BCUT2D eigenvalue weighted by molar-refractivity contribution is 7.52. The van der Waals surface area contributed by atoms with E-state index in [0.717, 1.165) is 0 Å². The normalized spacial score (nSPS) is 54.1. The summed E-state index contributed by atoms with van der Waals surface area (Å²) in [6.45, 7) is 3.43. The van der Waals surface area contributed by atoms with E-state index in [9.17, 15) is 8.96 Å². The molecule has 90 valence electrons. The molecule has 0 aromatic rings. The Morgan fingerprint density at radius 3 is 2.75 bits per heavy atom. The predicted molar refractivity (Wildman–Crippen MR) is 57.5 cm³/mol. The van der Waals surface area contributed by atoms with E-state index in [1.54, 1.807) is 6.92 Å². The molecule has 2 fully saturated rings. The molecule has 4 nitrogen and oxygen atoms in total. The van der Waals surface area contributed by atoms with Crippen molar-refractivity contribution < 1.29 is 22.7 Å². The Morgan fingerprint density at radius 2 is 2.19 bits per heavy atom. The summed E-state index contributed by atoms with van der Waals surface area (Å²) in [6.07, 6.45) is -0.780. The van der Waals surface area contributed by atoms with Crippen molar-refractivity contribution in [1.82, 2.24) is 0 Å². The van der Waals surface area contributed by atoms with Gasteiger partial charge < -0.3 is 13.8 Å². The second kappa shape index (κ2) is 4.09. The molecule has 2 aliphatic heterocycles. The lowest BCUT2D eigenvalue weighted by molar-refractivity contribution is -0.0627. The van der Waals surface area contributed by atoms with Crippen LogP contribution in [0.5, 0.6) is 0 Å². The zero-order valence-electron chi connectivity index (χ0n) is 9.39. The lowest BCUT2D eigenvalue weighted by atomic mass is 9.82. The van der Waals surface area contributed by atoms with Gasteiger partial charge >= 0.3 is 7.60 Å². The second-order valence-electron chi connectivity index (χ2n) is 4.51. The Kier molecular flexibility index (Phi) is 3.21. The second-order valence-corrected chi connectivity index (χ2v) is 6.57. The van der Waals surface area contributed by atoms with E-state index < -0.39 is 25.4 Å². The number of hydrogen-bond acceptors (Lipinski definition) is 4. The van der Waals surface area contributed by atoms with Gasteiger partial charge in [-0.1, -0.05) is 6.92 Å². The molecule has 0 aromatic heterocycles. The molecule has 0 amide bonds. The van der Waals surface area contributed by atoms with E-state index in [2.05, 4.69) is 0 Å². The van der Waals surface area contributed by atoms with Crippen molar-refractivity contribution in [2.75, 3.05) is 19.9 Å². The molecule has 1 spiro atoms. The van der Waals surface area contributed by atoms with Gasteiger partial charge in [0.15, 0.2) is 0 Å². The van der Waals surface area contributed by atoms with Crippen molar-refractivity contribution in [1.29, 1.82) is 0 Å². The monoisotopic (exact) mass is 248 g/mol. The van der Waals surface area contributed by atoms with Crippen molar-refractivity contribution in [2.45, 2.75) is 31.1 Å². The number of alkyl halides is 1. The fourth-order valence-electron chi connectivity index (χ4n) is 2.19. The third kappa shape index (κ3) is 2.08. The molecule has 0 saturated carbocycles. The highest BCUT2D eigenvalue weighted by atomic mass is 31.2. The van der Waals surface area contributed by atoms with Crippen LogP contribution in [-0.4, -0.2) is 45.5 Å². The van der Waals surface area contributed by atoms with Crippen LogP contribution < -0.4 is 0 Å². The summed E-state index contributed by atoms with van der Waals surface area (Å²) in [4.78, 5) is 0. The SMILES string of the molecule is [B][C@@H]1O[C@@]2(CCOP(C)(=O)OC2)C(C)[C@@H]1F. The lowest BCUT2D eigenvalue weighted by Gasteiger charge is -2.30. The number of ether oxygens (including phenoxy) is 1. The van der Waals surface area contributed by atoms with Crippen molar-refractivity contribution in [3.63, 3.8) is 0 Å². The minimum atomic E-state index is -3.02. The largest absolute Gasteiger partial charge is 0.376 e. The molecule has 5 atom stereocenters. The van der Waals surface area contributed by atoms with Crippen molar-refractivity contribution in [3.8, 4) is 0 Å². The molecule has 7 heteroatoms. The molecule has 2 radical (unpaired) electrons. The van der Waals surface area contributed by atoms with E-state index in [-0.39, 0.29) is 19.1 Å². The summed E-state index contributed by atoms with van der Waals surface area (Å²) in [7, 11) is 2.51. The topological polar surface area (TPSA) is 44.8 Å². The summed E-state index contributed by atoms with van der Waals surface area (Å²) < 4.78 is 41.0. The molecule has 2 heterocycles. The highest BCUT2D eigenvalue weighted by Crippen LogP contribution is 2.51. The first-order chi connectivity index (χ1) is 7.36. The van der Waals surface area contributed by atoms with Crippen molar-refractivity contribution in [3.05, 3.63) is 0 Å². The summed E-state index contributed by atoms with van der Waals surface area (Å²) in [5, 5.41) is 0. The first-order valence-corrected chi connectivity index (χ1v) is 7.29. The van der Waals surface area contributed by atoms with Crippen LogP contribution in [0.4, 0.5) is 4.39 Å². The summed E-state index contributed by atoms with van der Waals surface area (Å²) >= 11 is 0. The molecule has 0 aromatic carbocycles. The number of rotatable bonds is 0. The van der Waals surface area contributed by atoms with Gasteiger partial charge in [-0.3, -0.25) is 4.57 Å². The molecule has 16 heavy (non-hydrogen) atoms. The molecular formula is C9H15BFO4P. The number of halogens is 1. The lowest BCUT2D eigenvalue weighted by Crippen LogP contribution is -2.40. The maximum absolute atomic E-state index is 13.6. The Morgan fingerprint density at radius 1 is 1.50 bits per heavy atom. The van der Waals surface area contributed by atoms with Crippen LogP contribution >= 0.6 is 7.60 Å². The van der Waals surface area contributed by atoms with Crippen molar-refractivity contribution >= 4 is 15.4 Å². The molecule has 0 aliphatic carbocycles. The molecule has 0 N–H and O–H groups in total. The molecule has 2 unspecified atom stereocenters. The minimum Gasteiger partial charge on any atom is -0.376 e. The van der Waals surface area contributed by atoms with Gasteiger partial charge in [-0.25, -0.2) is 4.39 Å². The van der Waals surface area contributed by atoms with Crippen LogP contribution in [0.3, 0.4) is 0 Å². The molecule has 0 bridgehead atoms. The van der Waals surface area contributed by atoms with Crippen LogP contribution in [0.2, 0.25) is 0 Å². The smallest absolute Gasteiger partial charge is 0.327 e. The third-order valence-electron chi connectivity index (χ3n) is 3.39. The van der Waals surface area contributed by atoms with Gasteiger partial charge in [0, 0.05) is 25.0 Å². The van der Waals surface area contributed by atoms with Gasteiger partial charge in [-0.15, -0.1) is 0 Å². The maximum atomic E-state index is 13.6. The van der Waals surface area contributed by atoms with Gasteiger partial charge in [-0.05, 0) is 0 Å². The maximum Gasteiger partial charge on any atom is 0.327 e. The highest BCUT2D eigenvalue weighted by Gasteiger charge is 2.53. The van der Waals surface area contributed by atoms with E-state index in [4.69, 9.17) is 21.6 Å². The quantitative estimate of drug-likeness (QED) is 0.481. The van der Waals surface area contributed by atoms with Crippen LogP contribution in [0.25, 0.3) is 0 Å². The van der Waals surface area contributed by atoms with E-state index in [1.165, 1.54) is 6.66 Å². The zero-order valence-corrected chi connectivity index (χ0v) is 10.3. The predicted octanol–water partition coefficient (Wildman–Crippen LogP) is 1.48. The molecule has 2 saturated heterocycles. The third-order valence-corrected chi connectivity index (χ3v) is 4.64. The minimum absolute atomic E-state index is 0.0655. The van der Waals surface area contributed by atoms with E-state index in [1.807, 2.05) is 0 Å². The molecule has 2 rings (SSSR count). The Bertz CT molecular complexity index is 329. The molecular weight excluding hydrogens is 233 g/mol. The summed E-state index contributed by atoms with van der Waals surface area (Å²) in [5.74, 6) is -0.385. The van der Waals surface area contributed by atoms with Gasteiger partial charge in [0.1, 0.15) is 14.0 Å². The molecule has 2 aliphatic rings. The van der Waals surface area contributed by atoms with Crippen LogP contribution in [0, 0.1) is 5.92 Å². The summed E-state index contributed by atoms with van der Waals surface area (Å²) in [5.41, 5.74) is -0.805. The van der Waals surface area contributed by atoms with Gasteiger partial charge in [0.25, 0.3) is 0 Å². The van der Waals surface area contributed by atoms with Crippen LogP contribution in [0.1, 0.15) is 13.3 Å². The fourth-order valence-corrected chi connectivity index (χ4v) is 3.14. The zero-order chi connectivity index (χ0) is 12.0. The number of hydrogen-bond donors (Lipinski definition) is 0. The summed E-state index contributed by atoms with van der Waals surface area (Å²) in [6, 6.07) is -0.937. The fraction of sp³-hybridized carbons (Fsp3) is 1.00.